The summed E-state index contributed by atoms with van der Waals surface area (Å²) in [6, 6.07) is 7.93. The van der Waals surface area contributed by atoms with Crippen LogP contribution in [-0.2, 0) is 21.3 Å². The van der Waals surface area contributed by atoms with E-state index in [1.807, 2.05) is 38.1 Å². The minimum atomic E-state index is -1.32. The zero-order valence-electron chi connectivity index (χ0n) is 18.1. The second-order valence-corrected chi connectivity index (χ2v) is 9.53. The number of benzene rings is 1. The Morgan fingerprint density at radius 3 is 2.53 bits per heavy atom. The van der Waals surface area contributed by atoms with Crippen molar-refractivity contribution in [3.05, 3.63) is 41.3 Å². The highest BCUT2D eigenvalue weighted by Crippen LogP contribution is 2.22. The normalized spacial score (nSPS) is 16.2. The third-order valence-electron chi connectivity index (χ3n) is 5.45. The molecule has 0 spiro atoms. The Kier molecular flexibility index (Phi) is 8.63. The highest BCUT2D eigenvalue weighted by atomic mass is 32.2. The second kappa shape index (κ2) is 11.4. The van der Waals surface area contributed by atoms with Crippen molar-refractivity contribution in [1.29, 1.82) is 0 Å². The third-order valence-corrected chi connectivity index (χ3v) is 6.63. The first-order valence-electron chi connectivity index (χ1n) is 10.9. The van der Waals surface area contributed by atoms with Gasteiger partial charge in [0.15, 0.2) is 0 Å². The minimum Gasteiger partial charge on any atom is -0.441 e. The molecule has 1 fully saturated rings. The lowest BCUT2D eigenvalue weighted by Crippen LogP contribution is -2.32. The van der Waals surface area contributed by atoms with Gasteiger partial charge in [0.2, 0.25) is 11.8 Å². The lowest BCUT2D eigenvalue weighted by molar-refractivity contribution is -0.118. The van der Waals surface area contributed by atoms with Crippen LogP contribution < -0.4 is 5.32 Å². The maximum Gasteiger partial charge on any atom is 0.232 e. The Bertz CT molecular complexity index is 840. The standard InChI is InChI=1S/C23H33N3O3S/c1-18-8-10-20(11-9-18)23-25-21(19(2)29-23)16-30(28)17-22(27)24-12-7-15-26-13-5-3-4-6-14-26/h8-11H,3-7,12-17H2,1-2H3,(H,24,27). The number of carbonyl (C=O) groups is 1. The number of nitrogens with one attached hydrogen (secondary N) is 1. The van der Waals surface area contributed by atoms with E-state index >= 15 is 0 Å². The van der Waals surface area contributed by atoms with Gasteiger partial charge in [-0.3, -0.25) is 9.00 Å². The number of rotatable bonds is 9. The summed E-state index contributed by atoms with van der Waals surface area (Å²) in [5, 5.41) is 2.90. The number of hydrogen-bond acceptors (Lipinski definition) is 5. The van der Waals surface area contributed by atoms with E-state index in [9.17, 15) is 9.00 Å². The van der Waals surface area contributed by atoms with E-state index < -0.39 is 10.8 Å². The molecule has 1 aromatic heterocycles. The van der Waals surface area contributed by atoms with Crippen molar-refractivity contribution in [3.8, 4) is 11.5 Å². The molecule has 164 valence electrons. The number of nitrogens with zero attached hydrogens (tertiary/aromatic N) is 2. The molecule has 1 unspecified atom stereocenters. The fourth-order valence-corrected chi connectivity index (χ4v) is 4.74. The number of hydrogen-bond donors (Lipinski definition) is 1. The summed E-state index contributed by atoms with van der Waals surface area (Å²) >= 11 is 0. The largest absolute Gasteiger partial charge is 0.441 e. The Hall–Kier alpha value is -1.99. The van der Waals surface area contributed by atoms with Crippen LogP contribution in [0.3, 0.4) is 0 Å². The molecule has 7 heteroatoms. The van der Waals surface area contributed by atoms with Crippen LogP contribution in [-0.4, -0.2) is 51.9 Å². The first-order valence-corrected chi connectivity index (χ1v) is 12.4. The third kappa shape index (κ3) is 7.06. The molecular weight excluding hydrogens is 398 g/mol. The smallest absolute Gasteiger partial charge is 0.232 e. The van der Waals surface area contributed by atoms with E-state index in [2.05, 4.69) is 15.2 Å². The van der Waals surface area contributed by atoms with Crippen molar-refractivity contribution in [2.75, 3.05) is 31.9 Å². The summed E-state index contributed by atoms with van der Waals surface area (Å²) in [5.41, 5.74) is 2.71. The number of likely N-dealkylation sites (tertiary alicyclic amines) is 1. The van der Waals surface area contributed by atoms with Crippen LogP contribution in [0.25, 0.3) is 11.5 Å². The van der Waals surface area contributed by atoms with E-state index in [1.165, 1.54) is 44.3 Å². The zero-order chi connectivity index (χ0) is 21.3. The molecule has 3 rings (SSSR count). The summed E-state index contributed by atoms with van der Waals surface area (Å²) in [4.78, 5) is 19.1. The fourth-order valence-electron chi connectivity index (χ4n) is 3.67. The molecule has 0 bridgehead atoms. The predicted molar refractivity (Wildman–Crippen MR) is 121 cm³/mol. The van der Waals surface area contributed by atoms with Gasteiger partial charge < -0.3 is 14.6 Å². The second-order valence-electron chi connectivity index (χ2n) is 8.08. The Morgan fingerprint density at radius 1 is 1.13 bits per heavy atom. The predicted octanol–water partition coefficient (Wildman–Crippen LogP) is 3.59. The SMILES string of the molecule is Cc1ccc(-c2nc(CS(=O)CC(=O)NCCCN3CCCCCC3)c(C)o2)cc1. The van der Waals surface area contributed by atoms with Crippen molar-refractivity contribution >= 4 is 16.7 Å². The van der Waals surface area contributed by atoms with Crippen molar-refractivity contribution < 1.29 is 13.4 Å². The van der Waals surface area contributed by atoms with Gasteiger partial charge in [0.1, 0.15) is 11.5 Å². The minimum absolute atomic E-state index is 0.00409. The van der Waals surface area contributed by atoms with Gasteiger partial charge in [0.25, 0.3) is 0 Å². The molecule has 0 radical (unpaired) electrons. The van der Waals surface area contributed by atoms with Gasteiger partial charge in [-0.1, -0.05) is 30.5 Å². The molecule has 1 N–H and O–H groups in total. The van der Waals surface area contributed by atoms with E-state index in [0.717, 1.165) is 18.5 Å². The summed E-state index contributed by atoms with van der Waals surface area (Å²) in [6.45, 7) is 7.83. The van der Waals surface area contributed by atoms with Crippen molar-refractivity contribution in [1.82, 2.24) is 15.2 Å². The monoisotopic (exact) mass is 431 g/mol. The van der Waals surface area contributed by atoms with Gasteiger partial charge in [0, 0.05) is 22.9 Å². The van der Waals surface area contributed by atoms with Gasteiger partial charge in [-0.05, 0) is 64.9 Å². The highest BCUT2D eigenvalue weighted by Gasteiger charge is 2.16. The summed E-state index contributed by atoms with van der Waals surface area (Å²) < 4.78 is 18.2. The van der Waals surface area contributed by atoms with E-state index in [-0.39, 0.29) is 17.4 Å². The molecule has 1 atom stereocenters. The average Bonchev–Trinajstić information content (AvgIpc) is 2.91. The molecule has 6 nitrogen and oxygen atoms in total. The number of aryl methyl sites for hydroxylation is 2. The maximum absolute atomic E-state index is 12.4. The molecular formula is C23H33N3O3S. The van der Waals surface area contributed by atoms with E-state index in [4.69, 9.17) is 4.42 Å². The number of oxazole rings is 1. The Morgan fingerprint density at radius 2 is 1.83 bits per heavy atom. The number of amides is 1. The number of aromatic nitrogens is 1. The quantitative estimate of drug-likeness (QED) is 0.614. The van der Waals surface area contributed by atoms with Crippen LogP contribution in [0.1, 0.15) is 49.1 Å². The maximum atomic E-state index is 12.4. The Labute approximate surface area is 181 Å². The Balaban J connectivity index is 1.40. The zero-order valence-corrected chi connectivity index (χ0v) is 18.9. The summed E-state index contributed by atoms with van der Waals surface area (Å²) in [5.74, 6) is 1.23. The van der Waals surface area contributed by atoms with Crippen LogP contribution in [0, 0.1) is 13.8 Å². The molecule has 1 amide bonds. The van der Waals surface area contributed by atoms with Crippen molar-refractivity contribution in [2.24, 2.45) is 0 Å². The topological polar surface area (TPSA) is 75.4 Å². The van der Waals surface area contributed by atoms with Crippen LogP contribution in [0.15, 0.2) is 28.7 Å². The molecule has 1 aliphatic rings. The van der Waals surface area contributed by atoms with Gasteiger partial charge in [-0.15, -0.1) is 0 Å². The molecule has 0 aliphatic carbocycles. The first kappa shape index (κ1) is 22.7. The molecule has 1 aliphatic heterocycles. The van der Waals surface area contributed by atoms with E-state index in [0.29, 0.717) is 23.9 Å². The van der Waals surface area contributed by atoms with Gasteiger partial charge in [-0.25, -0.2) is 4.98 Å². The molecule has 1 saturated heterocycles. The molecule has 30 heavy (non-hydrogen) atoms. The molecule has 1 aromatic carbocycles. The van der Waals surface area contributed by atoms with Gasteiger partial charge in [0.05, 0.1) is 11.4 Å². The molecule has 2 aromatic rings. The first-order chi connectivity index (χ1) is 14.5. The van der Waals surface area contributed by atoms with Crippen LogP contribution in [0.2, 0.25) is 0 Å². The van der Waals surface area contributed by atoms with Gasteiger partial charge >= 0.3 is 0 Å². The fraction of sp³-hybridized carbons (Fsp3) is 0.565. The average molecular weight is 432 g/mol. The molecule has 2 heterocycles. The van der Waals surface area contributed by atoms with Crippen molar-refractivity contribution in [2.45, 2.75) is 51.7 Å². The van der Waals surface area contributed by atoms with Gasteiger partial charge in [-0.2, -0.15) is 0 Å². The molecule has 0 saturated carbocycles. The lowest BCUT2D eigenvalue weighted by atomic mass is 10.1. The van der Waals surface area contributed by atoms with Crippen LogP contribution in [0.4, 0.5) is 0 Å². The van der Waals surface area contributed by atoms with Crippen LogP contribution in [0.5, 0.6) is 0 Å². The van der Waals surface area contributed by atoms with E-state index in [1.54, 1.807) is 0 Å². The summed E-state index contributed by atoms with van der Waals surface area (Å²) in [7, 11) is -1.32. The summed E-state index contributed by atoms with van der Waals surface area (Å²) in [6.07, 6.45) is 6.14. The van der Waals surface area contributed by atoms with Crippen molar-refractivity contribution in [3.63, 3.8) is 0 Å². The number of carbonyl (C=O) groups excluding carboxylic acids is 1. The highest BCUT2D eigenvalue weighted by molar-refractivity contribution is 7.84. The lowest BCUT2D eigenvalue weighted by Gasteiger charge is -2.19. The van der Waals surface area contributed by atoms with Crippen LogP contribution >= 0.6 is 0 Å².